The van der Waals surface area contributed by atoms with E-state index in [0.717, 1.165) is 9.75 Å². The zero-order chi connectivity index (χ0) is 18.2. The summed E-state index contributed by atoms with van der Waals surface area (Å²) < 4.78 is 21.9. The normalized spacial score (nSPS) is 12.3. The van der Waals surface area contributed by atoms with Crippen LogP contribution in [0.15, 0.2) is 75.3 Å². The first-order valence-electron chi connectivity index (χ1n) is 8.38. The SMILES string of the molecule is Fc1c(Oc2ccccc2)c(-c2cccs2)c2c(c1-c1cccs1)=NCN=2. The van der Waals surface area contributed by atoms with E-state index in [9.17, 15) is 0 Å². The van der Waals surface area contributed by atoms with Gasteiger partial charge in [0.2, 0.25) is 0 Å². The van der Waals surface area contributed by atoms with Gasteiger partial charge in [0.1, 0.15) is 12.4 Å². The summed E-state index contributed by atoms with van der Waals surface area (Å²) in [4.78, 5) is 10.8. The molecule has 0 amide bonds. The highest BCUT2D eigenvalue weighted by atomic mass is 32.1. The van der Waals surface area contributed by atoms with Crippen LogP contribution in [0.1, 0.15) is 0 Å². The van der Waals surface area contributed by atoms with Crippen LogP contribution in [-0.4, -0.2) is 6.67 Å². The van der Waals surface area contributed by atoms with Crippen LogP contribution in [-0.2, 0) is 0 Å². The molecule has 1 aliphatic rings. The van der Waals surface area contributed by atoms with Crippen LogP contribution in [0.25, 0.3) is 20.9 Å². The molecule has 0 aliphatic carbocycles. The Morgan fingerprint density at radius 2 is 1.41 bits per heavy atom. The molecular weight excluding hydrogens is 379 g/mol. The monoisotopic (exact) mass is 392 g/mol. The second-order valence-electron chi connectivity index (χ2n) is 5.92. The van der Waals surface area contributed by atoms with Crippen molar-refractivity contribution in [3.63, 3.8) is 0 Å². The van der Waals surface area contributed by atoms with E-state index >= 15 is 4.39 Å². The van der Waals surface area contributed by atoms with E-state index in [-0.39, 0.29) is 5.75 Å². The fourth-order valence-electron chi connectivity index (χ4n) is 3.15. The fraction of sp³-hybridized carbons (Fsp3) is 0.0476. The molecule has 0 bridgehead atoms. The summed E-state index contributed by atoms with van der Waals surface area (Å²) >= 11 is 3.01. The Balaban J connectivity index is 1.85. The van der Waals surface area contributed by atoms with Gasteiger partial charge in [0.15, 0.2) is 11.6 Å². The number of halogens is 1. The maximum atomic E-state index is 15.8. The van der Waals surface area contributed by atoms with Crippen LogP contribution in [0.3, 0.4) is 0 Å². The third kappa shape index (κ3) is 2.78. The van der Waals surface area contributed by atoms with Crippen molar-refractivity contribution in [3.05, 3.63) is 81.9 Å². The molecule has 5 rings (SSSR count). The Bertz CT molecular complexity index is 1220. The summed E-state index contributed by atoms with van der Waals surface area (Å²) in [7, 11) is 0. The van der Waals surface area contributed by atoms with E-state index in [1.807, 2.05) is 65.4 Å². The van der Waals surface area contributed by atoms with Crippen LogP contribution in [0.2, 0.25) is 0 Å². The van der Waals surface area contributed by atoms with Crippen molar-refractivity contribution in [3.8, 4) is 32.4 Å². The van der Waals surface area contributed by atoms with Crippen LogP contribution >= 0.6 is 22.7 Å². The first-order valence-corrected chi connectivity index (χ1v) is 10.1. The first-order chi connectivity index (χ1) is 13.3. The predicted octanol–water partition coefficient (Wildman–Crippen LogP) is 5.29. The van der Waals surface area contributed by atoms with Gasteiger partial charge >= 0.3 is 0 Å². The standard InChI is InChI=1S/C21H13FN2OS2/c22-18-16(14-8-4-10-26-14)19-20(24-12-23-19)17(15-9-5-11-27-15)21(18)25-13-6-2-1-3-7-13/h1-11H,12H2. The summed E-state index contributed by atoms with van der Waals surface area (Å²) in [6, 6.07) is 17.0. The Morgan fingerprint density at radius 1 is 0.778 bits per heavy atom. The number of rotatable bonds is 4. The van der Waals surface area contributed by atoms with Crippen molar-refractivity contribution in [2.45, 2.75) is 0 Å². The summed E-state index contributed by atoms with van der Waals surface area (Å²) in [5.74, 6) is 0.386. The average molecular weight is 392 g/mol. The summed E-state index contributed by atoms with van der Waals surface area (Å²) in [6.07, 6.45) is 0. The molecule has 2 aromatic carbocycles. The minimum atomic E-state index is -0.399. The number of fused-ring (bicyclic) bond motifs is 1. The molecule has 0 radical (unpaired) electrons. The summed E-state index contributed by atoms with van der Waals surface area (Å²) in [5, 5.41) is 5.20. The lowest BCUT2D eigenvalue weighted by Crippen LogP contribution is -2.28. The lowest BCUT2D eigenvalue weighted by molar-refractivity contribution is 0.444. The molecule has 0 unspecified atom stereocenters. The van der Waals surface area contributed by atoms with Gasteiger partial charge in [-0.2, -0.15) is 0 Å². The molecule has 132 valence electrons. The minimum absolute atomic E-state index is 0.201. The third-order valence-electron chi connectivity index (χ3n) is 4.30. The molecule has 1 aliphatic heterocycles. The number of hydrogen-bond acceptors (Lipinski definition) is 5. The molecule has 4 aromatic rings. The Kier molecular flexibility index (Phi) is 4.07. The molecule has 3 heterocycles. The van der Waals surface area contributed by atoms with Crippen LogP contribution in [0.4, 0.5) is 4.39 Å². The van der Waals surface area contributed by atoms with E-state index in [0.29, 0.717) is 34.3 Å². The van der Waals surface area contributed by atoms with Gasteiger partial charge in [-0.15, -0.1) is 22.7 Å². The van der Waals surface area contributed by atoms with Crippen molar-refractivity contribution >= 4 is 22.7 Å². The molecule has 3 nitrogen and oxygen atoms in total. The van der Waals surface area contributed by atoms with Crippen molar-refractivity contribution in [2.24, 2.45) is 9.98 Å². The van der Waals surface area contributed by atoms with Crippen molar-refractivity contribution in [1.82, 2.24) is 0 Å². The van der Waals surface area contributed by atoms with Crippen molar-refractivity contribution in [2.75, 3.05) is 6.67 Å². The molecule has 0 saturated carbocycles. The van der Waals surface area contributed by atoms with E-state index in [1.165, 1.54) is 22.7 Å². The average Bonchev–Trinajstić information content (AvgIpc) is 3.46. The number of benzene rings is 2. The molecule has 0 saturated heterocycles. The number of thiophene rings is 2. The Labute approximate surface area is 162 Å². The number of para-hydroxylation sites is 1. The van der Waals surface area contributed by atoms with Gasteiger partial charge in [0.25, 0.3) is 0 Å². The molecule has 6 heteroatoms. The topological polar surface area (TPSA) is 34.0 Å². The molecule has 0 fully saturated rings. The zero-order valence-electron chi connectivity index (χ0n) is 14.1. The van der Waals surface area contributed by atoms with Gasteiger partial charge in [0.05, 0.1) is 21.8 Å². The van der Waals surface area contributed by atoms with E-state index in [2.05, 4.69) is 9.98 Å². The van der Waals surface area contributed by atoms with E-state index in [1.54, 1.807) is 0 Å². The number of hydrogen-bond donors (Lipinski definition) is 0. The highest BCUT2D eigenvalue weighted by Crippen LogP contribution is 2.39. The predicted molar refractivity (Wildman–Crippen MR) is 107 cm³/mol. The fourth-order valence-corrected chi connectivity index (χ4v) is 4.69. The number of ether oxygens (including phenoxy) is 1. The molecule has 0 N–H and O–H groups in total. The summed E-state index contributed by atoms with van der Waals surface area (Å²) in [5.41, 5.74) is 1.13. The first kappa shape index (κ1) is 16.4. The summed E-state index contributed by atoms with van der Waals surface area (Å²) in [6.45, 7) is 0.306. The second kappa shape index (κ2) is 6.72. The van der Waals surface area contributed by atoms with Gasteiger partial charge in [-0.1, -0.05) is 30.3 Å². The highest BCUT2D eigenvalue weighted by Gasteiger charge is 2.26. The van der Waals surface area contributed by atoms with Gasteiger partial charge in [0, 0.05) is 9.75 Å². The van der Waals surface area contributed by atoms with Crippen LogP contribution in [0.5, 0.6) is 11.5 Å². The lowest BCUT2D eigenvalue weighted by Gasteiger charge is -2.14. The molecule has 27 heavy (non-hydrogen) atoms. The smallest absolute Gasteiger partial charge is 0.177 e. The maximum absolute atomic E-state index is 15.8. The quantitative estimate of drug-likeness (QED) is 0.465. The van der Waals surface area contributed by atoms with Crippen molar-refractivity contribution < 1.29 is 9.13 Å². The minimum Gasteiger partial charge on any atom is -0.453 e. The van der Waals surface area contributed by atoms with Crippen LogP contribution in [0, 0.1) is 5.82 Å². The zero-order valence-corrected chi connectivity index (χ0v) is 15.7. The molecular formula is C21H13FN2OS2. The van der Waals surface area contributed by atoms with Gasteiger partial charge in [-0.05, 0) is 35.0 Å². The van der Waals surface area contributed by atoms with Crippen molar-refractivity contribution in [1.29, 1.82) is 0 Å². The highest BCUT2D eigenvalue weighted by molar-refractivity contribution is 7.13. The van der Waals surface area contributed by atoms with Gasteiger partial charge in [-0.3, -0.25) is 9.98 Å². The maximum Gasteiger partial charge on any atom is 0.177 e. The largest absolute Gasteiger partial charge is 0.453 e. The Morgan fingerprint density at radius 3 is 2.04 bits per heavy atom. The van der Waals surface area contributed by atoms with E-state index < -0.39 is 5.82 Å². The molecule has 2 aromatic heterocycles. The van der Waals surface area contributed by atoms with E-state index in [4.69, 9.17) is 4.74 Å². The molecule has 0 spiro atoms. The number of nitrogens with zero attached hydrogens (tertiary/aromatic N) is 2. The molecule has 0 atom stereocenters. The third-order valence-corrected chi connectivity index (χ3v) is 6.07. The Hall–Kier alpha value is -2.83. The van der Waals surface area contributed by atoms with Gasteiger partial charge in [-0.25, -0.2) is 4.39 Å². The lowest BCUT2D eigenvalue weighted by atomic mass is 10.0. The van der Waals surface area contributed by atoms with Crippen LogP contribution < -0.4 is 15.5 Å². The second-order valence-corrected chi connectivity index (χ2v) is 7.81. The van der Waals surface area contributed by atoms with Gasteiger partial charge < -0.3 is 4.74 Å².